The van der Waals surface area contributed by atoms with Crippen molar-refractivity contribution in [1.82, 2.24) is 5.32 Å². The predicted octanol–water partition coefficient (Wildman–Crippen LogP) is 3.43. The van der Waals surface area contributed by atoms with E-state index in [4.69, 9.17) is 5.11 Å². The molecule has 0 atom stereocenters. The number of carbonyl (C=O) groups is 3. The van der Waals surface area contributed by atoms with Crippen molar-refractivity contribution in [3.8, 4) is 0 Å². The van der Waals surface area contributed by atoms with Gasteiger partial charge in [-0.05, 0) is 35.9 Å². The van der Waals surface area contributed by atoms with E-state index in [9.17, 15) is 14.4 Å². The second kappa shape index (κ2) is 8.54. The zero-order valence-electron chi connectivity index (χ0n) is 16.4. The number of carbonyl (C=O) groups excluding carboxylic acids is 2. The first kappa shape index (κ1) is 19.9. The van der Waals surface area contributed by atoms with Crippen LogP contribution >= 0.6 is 0 Å². The number of benzene rings is 3. The van der Waals surface area contributed by atoms with Gasteiger partial charge in [-0.25, -0.2) is 0 Å². The van der Waals surface area contributed by atoms with E-state index in [-0.39, 0.29) is 5.91 Å². The number of hydrogen-bond donors (Lipinski definition) is 4. The smallest absolute Gasteiger partial charge is 0.322 e. The predicted molar refractivity (Wildman–Crippen MR) is 118 cm³/mol. The summed E-state index contributed by atoms with van der Waals surface area (Å²) in [7, 11) is 0. The molecular formula is C24H19N3O4. The zero-order valence-corrected chi connectivity index (χ0v) is 16.4. The van der Waals surface area contributed by atoms with E-state index >= 15 is 0 Å². The minimum atomic E-state index is -1.11. The Hall–Kier alpha value is -4.39. The number of hydrogen-bond acceptors (Lipinski definition) is 4. The van der Waals surface area contributed by atoms with Crippen molar-refractivity contribution in [1.29, 1.82) is 0 Å². The SMILES string of the molecule is O=C(O)CNC(=O)c1ccc(NC(=C2C(=O)Nc3ccccc32)c2ccccc2)cc1. The molecule has 7 nitrogen and oxygen atoms in total. The van der Waals surface area contributed by atoms with Gasteiger partial charge in [-0.2, -0.15) is 0 Å². The lowest BCUT2D eigenvalue weighted by molar-refractivity contribution is -0.135. The molecule has 1 aliphatic heterocycles. The molecule has 0 spiro atoms. The van der Waals surface area contributed by atoms with Crippen molar-refractivity contribution < 1.29 is 19.5 Å². The number of aliphatic carboxylic acids is 1. The van der Waals surface area contributed by atoms with Crippen LogP contribution in [0.2, 0.25) is 0 Å². The van der Waals surface area contributed by atoms with Crippen molar-refractivity contribution in [3.63, 3.8) is 0 Å². The molecule has 0 radical (unpaired) electrons. The van der Waals surface area contributed by atoms with Crippen LogP contribution in [0.3, 0.4) is 0 Å². The van der Waals surface area contributed by atoms with Crippen LogP contribution in [-0.4, -0.2) is 29.4 Å². The number of anilines is 2. The highest BCUT2D eigenvalue weighted by molar-refractivity contribution is 6.37. The topological polar surface area (TPSA) is 108 Å². The number of fused-ring (bicyclic) bond motifs is 1. The fourth-order valence-corrected chi connectivity index (χ4v) is 3.36. The van der Waals surface area contributed by atoms with Crippen LogP contribution in [0.4, 0.5) is 11.4 Å². The third kappa shape index (κ3) is 4.30. The van der Waals surface area contributed by atoms with Crippen molar-refractivity contribution in [2.24, 2.45) is 0 Å². The maximum atomic E-state index is 12.8. The van der Waals surface area contributed by atoms with E-state index in [1.54, 1.807) is 24.3 Å². The van der Waals surface area contributed by atoms with Gasteiger partial charge in [0.15, 0.2) is 0 Å². The fourth-order valence-electron chi connectivity index (χ4n) is 3.36. The van der Waals surface area contributed by atoms with Gasteiger partial charge in [0.05, 0.1) is 11.3 Å². The van der Waals surface area contributed by atoms with Crippen LogP contribution in [0.25, 0.3) is 11.3 Å². The summed E-state index contributed by atoms with van der Waals surface area (Å²) in [6, 6.07) is 23.6. The van der Waals surface area contributed by atoms with E-state index in [0.717, 1.165) is 16.8 Å². The normalized spacial score (nSPS) is 13.7. The van der Waals surface area contributed by atoms with E-state index in [2.05, 4.69) is 16.0 Å². The Morgan fingerprint density at radius 1 is 0.839 bits per heavy atom. The maximum Gasteiger partial charge on any atom is 0.322 e. The molecule has 4 rings (SSSR count). The van der Waals surface area contributed by atoms with Crippen molar-refractivity contribution in [3.05, 3.63) is 95.6 Å². The molecule has 0 unspecified atom stereocenters. The Kier molecular flexibility index (Phi) is 5.49. The fraction of sp³-hybridized carbons (Fsp3) is 0.0417. The van der Waals surface area contributed by atoms with E-state index in [1.807, 2.05) is 54.6 Å². The lowest BCUT2D eigenvalue weighted by atomic mass is 10.00. The Bertz CT molecular complexity index is 1180. The van der Waals surface area contributed by atoms with Gasteiger partial charge >= 0.3 is 5.97 Å². The average Bonchev–Trinajstić information content (AvgIpc) is 3.12. The first-order valence-electron chi connectivity index (χ1n) is 9.60. The number of carboxylic acid groups (broad SMARTS) is 1. The maximum absolute atomic E-state index is 12.8. The van der Waals surface area contributed by atoms with Crippen LogP contribution < -0.4 is 16.0 Å². The minimum absolute atomic E-state index is 0.197. The Balaban J connectivity index is 1.68. The number of carboxylic acids is 1. The van der Waals surface area contributed by atoms with Crippen LogP contribution in [-0.2, 0) is 9.59 Å². The summed E-state index contributed by atoms with van der Waals surface area (Å²) in [6.45, 7) is -0.447. The van der Waals surface area contributed by atoms with Gasteiger partial charge in [0.2, 0.25) is 0 Å². The molecule has 154 valence electrons. The summed E-state index contributed by atoms with van der Waals surface area (Å²) in [5.74, 6) is -1.78. The highest BCUT2D eigenvalue weighted by Gasteiger charge is 2.28. The monoisotopic (exact) mass is 413 g/mol. The summed E-state index contributed by atoms with van der Waals surface area (Å²) in [6.07, 6.45) is 0. The van der Waals surface area contributed by atoms with Gasteiger partial charge in [-0.1, -0.05) is 48.5 Å². The van der Waals surface area contributed by atoms with Gasteiger partial charge in [0.25, 0.3) is 11.8 Å². The molecule has 0 fully saturated rings. The summed E-state index contributed by atoms with van der Waals surface area (Å²) in [5, 5.41) is 17.2. The van der Waals surface area contributed by atoms with Crippen molar-refractivity contribution >= 4 is 40.4 Å². The van der Waals surface area contributed by atoms with E-state index < -0.39 is 18.4 Å². The van der Waals surface area contributed by atoms with Crippen LogP contribution in [0.15, 0.2) is 78.9 Å². The molecule has 0 bridgehead atoms. The minimum Gasteiger partial charge on any atom is -0.480 e. The van der Waals surface area contributed by atoms with Gasteiger partial charge in [-0.3, -0.25) is 14.4 Å². The number of rotatable bonds is 6. The molecule has 4 N–H and O–H groups in total. The molecule has 2 amide bonds. The first-order chi connectivity index (χ1) is 15.0. The molecule has 31 heavy (non-hydrogen) atoms. The largest absolute Gasteiger partial charge is 0.480 e. The van der Waals surface area contributed by atoms with Crippen LogP contribution in [0, 0.1) is 0 Å². The standard InChI is InChI=1S/C24H19N3O4/c28-20(29)14-25-23(30)16-10-12-17(13-11-16)26-22(15-6-2-1-3-7-15)21-18-8-4-5-9-19(18)27-24(21)31/h1-13,26H,14H2,(H,25,30)(H,27,31)(H,28,29). The molecule has 0 aromatic heterocycles. The quantitative estimate of drug-likeness (QED) is 0.463. The van der Waals surface area contributed by atoms with Crippen molar-refractivity contribution in [2.45, 2.75) is 0 Å². The van der Waals surface area contributed by atoms with Gasteiger partial charge in [0, 0.05) is 22.5 Å². The van der Waals surface area contributed by atoms with Gasteiger partial charge in [-0.15, -0.1) is 0 Å². The molecule has 0 aliphatic carbocycles. The third-order valence-electron chi connectivity index (χ3n) is 4.80. The Morgan fingerprint density at radius 2 is 1.52 bits per heavy atom. The summed E-state index contributed by atoms with van der Waals surface area (Å²) >= 11 is 0. The van der Waals surface area contributed by atoms with E-state index in [0.29, 0.717) is 22.5 Å². The third-order valence-corrected chi connectivity index (χ3v) is 4.80. The van der Waals surface area contributed by atoms with Crippen LogP contribution in [0.1, 0.15) is 21.5 Å². The molecule has 3 aromatic rings. The molecule has 1 aliphatic rings. The first-order valence-corrected chi connectivity index (χ1v) is 9.60. The highest BCUT2D eigenvalue weighted by atomic mass is 16.4. The second-order valence-electron chi connectivity index (χ2n) is 6.89. The second-order valence-corrected chi connectivity index (χ2v) is 6.89. The molecule has 7 heteroatoms. The highest BCUT2D eigenvalue weighted by Crippen LogP contribution is 2.37. The summed E-state index contributed by atoms with van der Waals surface area (Å²) in [4.78, 5) is 35.5. The van der Waals surface area contributed by atoms with Crippen LogP contribution in [0.5, 0.6) is 0 Å². The summed E-state index contributed by atoms with van der Waals surface area (Å²) < 4.78 is 0. The average molecular weight is 413 g/mol. The lowest BCUT2D eigenvalue weighted by Gasteiger charge is -2.15. The number of amides is 2. The molecule has 0 saturated heterocycles. The molecule has 0 saturated carbocycles. The van der Waals surface area contributed by atoms with E-state index in [1.165, 1.54) is 0 Å². The Morgan fingerprint density at radius 3 is 2.23 bits per heavy atom. The Labute approximate surface area is 178 Å². The zero-order chi connectivity index (χ0) is 21.8. The number of nitrogens with one attached hydrogen (secondary N) is 3. The molecular weight excluding hydrogens is 394 g/mol. The molecule has 1 heterocycles. The number of para-hydroxylation sites is 1. The van der Waals surface area contributed by atoms with Gasteiger partial charge in [0.1, 0.15) is 6.54 Å². The van der Waals surface area contributed by atoms with Gasteiger partial charge < -0.3 is 21.1 Å². The van der Waals surface area contributed by atoms with Crippen molar-refractivity contribution in [2.75, 3.05) is 17.2 Å². The summed E-state index contributed by atoms with van der Waals surface area (Å²) in [5.41, 5.74) is 4.60. The lowest BCUT2D eigenvalue weighted by Crippen LogP contribution is -2.29. The molecule has 3 aromatic carbocycles.